The van der Waals surface area contributed by atoms with Crippen molar-refractivity contribution in [3.05, 3.63) is 91.5 Å². The molecule has 0 radical (unpaired) electrons. The lowest BCUT2D eigenvalue weighted by Crippen LogP contribution is -2.24. The average molecular weight is 569 g/mol. The van der Waals surface area contributed by atoms with Crippen LogP contribution in [0.2, 0.25) is 10.0 Å². The molecule has 0 aliphatic heterocycles. The zero-order chi connectivity index (χ0) is 22.2. The third-order valence-corrected chi connectivity index (χ3v) is 5.60. The third kappa shape index (κ3) is 6.68. The van der Waals surface area contributed by atoms with Crippen LogP contribution in [0.4, 0.5) is 0 Å². The van der Waals surface area contributed by atoms with Crippen LogP contribution in [0, 0.1) is 3.57 Å². The molecule has 31 heavy (non-hydrogen) atoms. The topological polar surface area (TPSA) is 77.0 Å². The Hall–Kier alpha value is -2.62. The van der Waals surface area contributed by atoms with Crippen LogP contribution in [0.1, 0.15) is 15.9 Å². The number of hydrogen-bond donors (Lipinski definition) is 1. The molecular formula is C22H15Cl2IN2O4. The Morgan fingerprint density at radius 3 is 2.48 bits per heavy atom. The molecule has 3 rings (SSSR count). The van der Waals surface area contributed by atoms with Crippen LogP contribution in [-0.2, 0) is 4.79 Å². The van der Waals surface area contributed by atoms with E-state index in [1.54, 1.807) is 54.6 Å². The van der Waals surface area contributed by atoms with E-state index >= 15 is 0 Å². The number of nitrogens with one attached hydrogen (secondary N) is 1. The Bertz CT molecular complexity index is 1120. The summed E-state index contributed by atoms with van der Waals surface area (Å²) in [5.41, 5.74) is 3.55. The van der Waals surface area contributed by atoms with Crippen molar-refractivity contribution in [2.75, 3.05) is 6.61 Å². The molecule has 6 nitrogen and oxygen atoms in total. The van der Waals surface area contributed by atoms with E-state index in [0.29, 0.717) is 27.6 Å². The zero-order valence-electron chi connectivity index (χ0n) is 15.8. The second kappa shape index (κ2) is 11.1. The maximum Gasteiger partial charge on any atom is 0.344 e. The molecule has 1 amide bonds. The van der Waals surface area contributed by atoms with Crippen LogP contribution < -0.4 is 14.9 Å². The minimum atomic E-state index is -0.463. The van der Waals surface area contributed by atoms with E-state index in [0.717, 1.165) is 3.57 Å². The number of hydrazone groups is 1. The number of hydrogen-bond acceptors (Lipinski definition) is 5. The van der Waals surface area contributed by atoms with E-state index in [1.165, 1.54) is 6.21 Å². The zero-order valence-corrected chi connectivity index (χ0v) is 19.5. The van der Waals surface area contributed by atoms with Crippen molar-refractivity contribution < 1.29 is 19.1 Å². The van der Waals surface area contributed by atoms with Gasteiger partial charge in [0.25, 0.3) is 5.91 Å². The molecule has 0 bridgehead atoms. The summed E-state index contributed by atoms with van der Waals surface area (Å²) in [7, 11) is 0. The number of carbonyl (C=O) groups excluding carboxylic acids is 2. The van der Waals surface area contributed by atoms with Gasteiger partial charge in [0.05, 0.1) is 16.8 Å². The molecule has 0 aromatic heterocycles. The van der Waals surface area contributed by atoms with Gasteiger partial charge in [-0.05, 0) is 76.7 Å². The molecule has 3 aromatic rings. The molecule has 0 aliphatic carbocycles. The quantitative estimate of drug-likeness (QED) is 0.137. The van der Waals surface area contributed by atoms with Crippen molar-refractivity contribution in [1.29, 1.82) is 0 Å². The van der Waals surface area contributed by atoms with Crippen LogP contribution in [0.15, 0.2) is 71.8 Å². The smallest absolute Gasteiger partial charge is 0.344 e. The number of carbonyl (C=O) groups is 2. The SMILES string of the molecule is O=C(COc1cccc(Cl)c1Cl)N/N=C/c1ccc(OC(=O)c2ccccc2I)cc1. The van der Waals surface area contributed by atoms with E-state index in [1.807, 2.05) is 12.1 Å². The molecule has 0 aliphatic rings. The van der Waals surface area contributed by atoms with E-state index in [2.05, 4.69) is 33.1 Å². The van der Waals surface area contributed by atoms with Crippen LogP contribution in [-0.4, -0.2) is 24.7 Å². The van der Waals surface area contributed by atoms with Crippen molar-refractivity contribution in [2.45, 2.75) is 0 Å². The summed E-state index contributed by atoms with van der Waals surface area (Å²) in [5, 5.41) is 4.45. The highest BCUT2D eigenvalue weighted by Crippen LogP contribution is 2.31. The highest BCUT2D eigenvalue weighted by atomic mass is 127. The molecular weight excluding hydrogens is 554 g/mol. The number of halogens is 3. The van der Waals surface area contributed by atoms with Gasteiger partial charge < -0.3 is 9.47 Å². The van der Waals surface area contributed by atoms with Gasteiger partial charge in [0.1, 0.15) is 16.5 Å². The van der Waals surface area contributed by atoms with Crippen molar-refractivity contribution in [3.63, 3.8) is 0 Å². The normalized spacial score (nSPS) is 10.7. The Morgan fingerprint density at radius 1 is 1.00 bits per heavy atom. The second-order valence-corrected chi connectivity index (χ2v) is 8.02. The first kappa shape index (κ1) is 23.1. The fourth-order valence-corrected chi connectivity index (χ4v) is 3.31. The van der Waals surface area contributed by atoms with Crippen molar-refractivity contribution in [3.8, 4) is 11.5 Å². The van der Waals surface area contributed by atoms with Crippen LogP contribution in [0.3, 0.4) is 0 Å². The predicted molar refractivity (Wildman–Crippen MR) is 128 cm³/mol. The lowest BCUT2D eigenvalue weighted by atomic mass is 10.2. The molecule has 0 fully saturated rings. The number of rotatable bonds is 7. The minimum Gasteiger partial charge on any atom is -0.482 e. The van der Waals surface area contributed by atoms with Crippen molar-refractivity contribution in [2.24, 2.45) is 5.10 Å². The summed E-state index contributed by atoms with van der Waals surface area (Å²) in [4.78, 5) is 24.1. The maximum absolute atomic E-state index is 12.2. The number of nitrogens with zero attached hydrogens (tertiary/aromatic N) is 1. The van der Waals surface area contributed by atoms with Gasteiger partial charge in [-0.25, -0.2) is 10.2 Å². The number of ether oxygens (including phenoxy) is 2. The monoisotopic (exact) mass is 568 g/mol. The van der Waals surface area contributed by atoms with Gasteiger partial charge in [-0.1, -0.05) is 41.4 Å². The van der Waals surface area contributed by atoms with Gasteiger partial charge in [0, 0.05) is 3.57 Å². The van der Waals surface area contributed by atoms with Gasteiger partial charge in [0.2, 0.25) is 0 Å². The number of amides is 1. The first-order valence-electron chi connectivity index (χ1n) is 8.89. The van der Waals surface area contributed by atoms with Gasteiger partial charge >= 0.3 is 5.97 Å². The van der Waals surface area contributed by atoms with Crippen LogP contribution in [0.5, 0.6) is 11.5 Å². The lowest BCUT2D eigenvalue weighted by Gasteiger charge is -2.07. The van der Waals surface area contributed by atoms with Gasteiger partial charge in [-0.3, -0.25) is 4.79 Å². The van der Waals surface area contributed by atoms with Gasteiger partial charge in [-0.15, -0.1) is 0 Å². The van der Waals surface area contributed by atoms with Gasteiger partial charge in [-0.2, -0.15) is 5.10 Å². The Balaban J connectivity index is 1.49. The van der Waals surface area contributed by atoms with E-state index in [9.17, 15) is 9.59 Å². The fourth-order valence-electron chi connectivity index (χ4n) is 2.36. The maximum atomic E-state index is 12.2. The summed E-state index contributed by atoms with van der Waals surface area (Å²) in [6, 6.07) is 18.8. The Kier molecular flexibility index (Phi) is 8.27. The standard InChI is InChI=1S/C22H15Cl2IN2O4/c23-17-5-3-7-19(21(17)24)30-13-20(28)27-26-12-14-8-10-15(11-9-14)31-22(29)16-4-1-2-6-18(16)25/h1-12H,13H2,(H,27,28)/b26-12+. The molecule has 0 atom stereocenters. The molecule has 0 saturated heterocycles. The lowest BCUT2D eigenvalue weighted by molar-refractivity contribution is -0.123. The molecule has 0 spiro atoms. The minimum absolute atomic E-state index is 0.239. The highest BCUT2D eigenvalue weighted by Gasteiger charge is 2.11. The number of esters is 1. The molecule has 1 N–H and O–H groups in total. The molecule has 9 heteroatoms. The molecule has 0 saturated carbocycles. The molecule has 158 valence electrons. The summed E-state index contributed by atoms with van der Waals surface area (Å²) in [6.45, 7) is -0.273. The van der Waals surface area contributed by atoms with Crippen LogP contribution in [0.25, 0.3) is 0 Å². The summed E-state index contributed by atoms with van der Waals surface area (Å²) in [5.74, 6) is -0.185. The van der Waals surface area contributed by atoms with Gasteiger partial charge in [0.15, 0.2) is 6.61 Å². The summed E-state index contributed by atoms with van der Waals surface area (Å²) in [6.07, 6.45) is 1.45. The van der Waals surface area contributed by atoms with Crippen LogP contribution >= 0.6 is 45.8 Å². The largest absolute Gasteiger partial charge is 0.482 e. The second-order valence-electron chi connectivity index (χ2n) is 6.07. The first-order valence-corrected chi connectivity index (χ1v) is 10.7. The highest BCUT2D eigenvalue weighted by molar-refractivity contribution is 14.1. The third-order valence-electron chi connectivity index (χ3n) is 3.86. The molecule has 0 unspecified atom stereocenters. The van der Waals surface area contributed by atoms with E-state index in [4.69, 9.17) is 32.7 Å². The predicted octanol–water partition coefficient (Wildman–Crippen LogP) is 5.35. The van der Waals surface area contributed by atoms with Crippen molar-refractivity contribution >= 4 is 63.9 Å². The Labute approximate surface area is 202 Å². The van der Waals surface area contributed by atoms with E-state index in [-0.39, 0.29) is 11.6 Å². The average Bonchev–Trinajstić information content (AvgIpc) is 2.76. The van der Waals surface area contributed by atoms with E-state index < -0.39 is 11.9 Å². The fraction of sp³-hybridized carbons (Fsp3) is 0.0455. The molecule has 3 aromatic carbocycles. The van der Waals surface area contributed by atoms with Crippen molar-refractivity contribution in [1.82, 2.24) is 5.43 Å². The Morgan fingerprint density at radius 2 is 1.74 bits per heavy atom. The molecule has 0 heterocycles. The number of benzene rings is 3. The first-order chi connectivity index (χ1) is 14.9. The summed E-state index contributed by atoms with van der Waals surface area (Å²) < 4.78 is 11.5. The summed E-state index contributed by atoms with van der Waals surface area (Å²) >= 11 is 14.0.